The molecule has 0 amide bonds. The molecule has 7 nitrogen and oxygen atoms in total. The number of carbonyl (C=O) groups excluding carboxylic acids is 2. The van der Waals surface area contributed by atoms with Crippen molar-refractivity contribution in [1.29, 1.82) is 0 Å². The predicted molar refractivity (Wildman–Crippen MR) is 93.6 cm³/mol. The van der Waals surface area contributed by atoms with Gasteiger partial charge in [0, 0.05) is 0 Å². The van der Waals surface area contributed by atoms with Crippen molar-refractivity contribution in [3.05, 3.63) is 59.7 Å². The molecule has 0 unspecified atom stereocenters. The van der Waals surface area contributed by atoms with Crippen LogP contribution in [0.1, 0.15) is 17.5 Å². The van der Waals surface area contributed by atoms with Crippen LogP contribution < -0.4 is 17.4 Å². The van der Waals surface area contributed by atoms with Crippen molar-refractivity contribution in [2.75, 3.05) is 11.5 Å². The Labute approximate surface area is 145 Å². The molecule has 132 valence electrons. The molecule has 0 aliphatic heterocycles. The molecule has 0 aliphatic carbocycles. The van der Waals surface area contributed by atoms with Gasteiger partial charge in [0.05, 0.1) is 11.4 Å². The highest BCUT2D eigenvalue weighted by atomic mass is 16.7. The third-order valence-electron chi connectivity index (χ3n) is 3.78. The molecule has 0 spiro atoms. The summed E-state index contributed by atoms with van der Waals surface area (Å²) in [5, 5.41) is 0. The smallest absolute Gasteiger partial charge is 0.338 e. The maximum Gasteiger partial charge on any atom is 0.338 e. The van der Waals surface area contributed by atoms with Crippen molar-refractivity contribution in [3.63, 3.8) is 0 Å². The molecule has 2 aromatic rings. The highest BCUT2D eigenvalue weighted by Crippen LogP contribution is 2.19. The first kappa shape index (κ1) is 18.3. The highest BCUT2D eigenvalue weighted by molar-refractivity contribution is 5.94. The van der Waals surface area contributed by atoms with E-state index in [1.54, 1.807) is 18.2 Å². The molecule has 0 saturated carbocycles. The first-order valence-corrected chi connectivity index (χ1v) is 7.76. The van der Waals surface area contributed by atoms with Gasteiger partial charge in [-0.25, -0.2) is 4.79 Å². The minimum absolute atomic E-state index is 0.0723. The molecular weight excluding hydrogens is 322 g/mol. The lowest BCUT2D eigenvalue weighted by molar-refractivity contribution is -0.163. The van der Waals surface area contributed by atoms with E-state index in [0.717, 1.165) is 11.1 Å². The van der Waals surface area contributed by atoms with Gasteiger partial charge in [-0.15, -0.1) is 0 Å². The second-order valence-electron chi connectivity index (χ2n) is 5.58. The minimum Gasteiger partial charge on any atom is -0.460 e. The fourth-order valence-corrected chi connectivity index (χ4v) is 2.33. The zero-order valence-corrected chi connectivity index (χ0v) is 13.7. The summed E-state index contributed by atoms with van der Waals surface area (Å²) < 4.78 is 5.20. The van der Waals surface area contributed by atoms with E-state index in [0.29, 0.717) is 17.8 Å². The van der Waals surface area contributed by atoms with Crippen LogP contribution >= 0.6 is 0 Å². The normalized spacial score (nSPS) is 11.6. The molecule has 0 aliphatic rings. The van der Waals surface area contributed by atoms with Crippen molar-refractivity contribution >= 4 is 23.3 Å². The Bertz CT molecular complexity index is 734. The number of aryl methyl sites for hydroxylation is 1. The number of ether oxygens (including phenoxy) is 1. The Hall–Kier alpha value is -3.06. The number of carbonyl (C=O) groups is 2. The van der Waals surface area contributed by atoms with Gasteiger partial charge in [-0.05, 0) is 36.1 Å². The Morgan fingerprint density at radius 2 is 1.64 bits per heavy atom. The molecule has 0 fully saturated rings. The van der Waals surface area contributed by atoms with Crippen LogP contribution in [0.4, 0.5) is 11.4 Å². The van der Waals surface area contributed by atoms with Gasteiger partial charge in [0.25, 0.3) is 0 Å². The van der Waals surface area contributed by atoms with E-state index in [1.807, 2.05) is 30.3 Å². The Morgan fingerprint density at radius 1 is 0.920 bits per heavy atom. The number of hydrogen-bond donors (Lipinski definition) is 3. The van der Waals surface area contributed by atoms with E-state index in [1.165, 1.54) is 0 Å². The number of rotatable bonds is 7. The summed E-state index contributed by atoms with van der Waals surface area (Å²) in [7, 11) is 0. The zero-order chi connectivity index (χ0) is 18.2. The highest BCUT2D eigenvalue weighted by Gasteiger charge is 2.29. The summed E-state index contributed by atoms with van der Waals surface area (Å²) in [6.45, 7) is 0.0723. The van der Waals surface area contributed by atoms with Crippen molar-refractivity contribution in [2.45, 2.75) is 19.4 Å². The summed E-state index contributed by atoms with van der Waals surface area (Å²) in [5.41, 5.74) is 14.0. The van der Waals surface area contributed by atoms with Gasteiger partial charge >= 0.3 is 11.9 Å². The van der Waals surface area contributed by atoms with Gasteiger partial charge < -0.3 is 21.0 Å². The average Bonchev–Trinajstić information content (AvgIpc) is 2.63. The lowest BCUT2D eigenvalue weighted by atomic mass is 9.99. The SMILES string of the molecule is NOC(=O)[C@H](CCc1ccc(N)c(N)c1)C(=O)OCc1ccccc1. The van der Waals surface area contributed by atoms with Crippen LogP contribution in [0.3, 0.4) is 0 Å². The van der Waals surface area contributed by atoms with E-state index >= 15 is 0 Å². The van der Waals surface area contributed by atoms with Crippen LogP contribution in [-0.4, -0.2) is 11.9 Å². The summed E-state index contributed by atoms with van der Waals surface area (Å²) in [4.78, 5) is 28.3. The predicted octanol–water partition coefficient (Wildman–Crippen LogP) is 1.56. The van der Waals surface area contributed by atoms with Gasteiger partial charge in [0.1, 0.15) is 6.61 Å². The van der Waals surface area contributed by atoms with E-state index in [4.69, 9.17) is 22.1 Å². The summed E-state index contributed by atoms with van der Waals surface area (Å²) in [6.07, 6.45) is 0.609. The zero-order valence-electron chi connectivity index (χ0n) is 13.7. The molecule has 1 atom stereocenters. The largest absolute Gasteiger partial charge is 0.460 e. The quantitative estimate of drug-likeness (QED) is 0.301. The van der Waals surface area contributed by atoms with E-state index in [2.05, 4.69) is 4.84 Å². The molecule has 0 saturated heterocycles. The average molecular weight is 343 g/mol. The number of esters is 1. The Balaban J connectivity index is 1.98. The number of nitrogens with two attached hydrogens (primary N) is 3. The number of benzene rings is 2. The first-order chi connectivity index (χ1) is 12.0. The maximum atomic E-state index is 12.2. The van der Waals surface area contributed by atoms with Gasteiger partial charge in [-0.1, -0.05) is 36.4 Å². The summed E-state index contributed by atoms with van der Waals surface area (Å²) in [6, 6.07) is 14.3. The lowest BCUT2D eigenvalue weighted by Gasteiger charge is -2.14. The second-order valence-corrected chi connectivity index (χ2v) is 5.58. The lowest BCUT2D eigenvalue weighted by Crippen LogP contribution is -2.30. The Kier molecular flexibility index (Phi) is 6.36. The molecule has 0 heterocycles. The van der Waals surface area contributed by atoms with E-state index in [9.17, 15) is 9.59 Å². The standard InChI is InChI=1S/C18H21N3O4/c19-15-9-7-12(10-16(15)20)6-8-14(18(23)25-21)17(22)24-11-13-4-2-1-3-5-13/h1-5,7,9-10,14H,6,8,11,19-21H2/t14-/m1/s1. The van der Waals surface area contributed by atoms with Gasteiger partial charge in [-0.2, -0.15) is 5.90 Å². The van der Waals surface area contributed by atoms with Crippen molar-refractivity contribution in [3.8, 4) is 0 Å². The van der Waals surface area contributed by atoms with Crippen LogP contribution in [0.5, 0.6) is 0 Å². The molecule has 2 aromatic carbocycles. The minimum atomic E-state index is -1.10. The van der Waals surface area contributed by atoms with Crippen LogP contribution in [-0.2, 0) is 32.2 Å². The monoisotopic (exact) mass is 343 g/mol. The van der Waals surface area contributed by atoms with Gasteiger partial charge in [0.2, 0.25) is 0 Å². The molecule has 6 N–H and O–H groups in total. The van der Waals surface area contributed by atoms with Crippen LogP contribution in [0.25, 0.3) is 0 Å². The molecule has 0 radical (unpaired) electrons. The van der Waals surface area contributed by atoms with Crippen LogP contribution in [0, 0.1) is 5.92 Å². The fourth-order valence-electron chi connectivity index (χ4n) is 2.33. The molecule has 0 bridgehead atoms. The van der Waals surface area contributed by atoms with E-state index in [-0.39, 0.29) is 13.0 Å². The molecule has 25 heavy (non-hydrogen) atoms. The second kappa shape index (κ2) is 8.70. The first-order valence-electron chi connectivity index (χ1n) is 7.76. The summed E-state index contributed by atoms with van der Waals surface area (Å²) in [5.74, 6) is 2.32. The topological polar surface area (TPSA) is 131 Å². The van der Waals surface area contributed by atoms with Crippen LogP contribution in [0.2, 0.25) is 0 Å². The number of hydrogen-bond acceptors (Lipinski definition) is 7. The van der Waals surface area contributed by atoms with Gasteiger partial charge in [-0.3, -0.25) is 4.79 Å². The maximum absolute atomic E-state index is 12.2. The number of anilines is 2. The third kappa shape index (κ3) is 5.22. The summed E-state index contributed by atoms with van der Waals surface area (Å²) >= 11 is 0. The van der Waals surface area contributed by atoms with Crippen molar-refractivity contribution in [1.82, 2.24) is 0 Å². The molecule has 0 aromatic heterocycles. The van der Waals surface area contributed by atoms with Crippen LogP contribution in [0.15, 0.2) is 48.5 Å². The molecule has 7 heteroatoms. The van der Waals surface area contributed by atoms with Gasteiger partial charge in [0.15, 0.2) is 5.92 Å². The fraction of sp³-hybridized carbons (Fsp3) is 0.222. The molecular formula is C18H21N3O4. The van der Waals surface area contributed by atoms with Crippen molar-refractivity contribution < 1.29 is 19.2 Å². The third-order valence-corrected chi connectivity index (χ3v) is 3.78. The van der Waals surface area contributed by atoms with E-state index < -0.39 is 17.9 Å². The number of nitrogen functional groups attached to an aromatic ring is 2. The molecule has 2 rings (SSSR count). The van der Waals surface area contributed by atoms with Crippen molar-refractivity contribution in [2.24, 2.45) is 11.8 Å². The Morgan fingerprint density at radius 3 is 2.28 bits per heavy atom.